The van der Waals surface area contributed by atoms with Crippen molar-refractivity contribution in [2.45, 2.75) is 77.4 Å². The average molecular weight is 583 g/mol. The minimum atomic E-state index is -3.60. The molecule has 0 spiro atoms. The average Bonchev–Trinajstić information content (AvgIpc) is 3.37. The van der Waals surface area contributed by atoms with Crippen LogP contribution in [0, 0.1) is 6.92 Å². The third-order valence-electron chi connectivity index (χ3n) is 7.01. The van der Waals surface area contributed by atoms with Gasteiger partial charge in [-0.05, 0) is 68.0 Å². The van der Waals surface area contributed by atoms with E-state index in [0.29, 0.717) is 27.7 Å². The van der Waals surface area contributed by atoms with E-state index in [1.807, 2.05) is 19.1 Å². The monoisotopic (exact) mass is 581 g/mol. The number of nitrogens with one attached hydrogen (secondary N) is 1. The quantitative estimate of drug-likeness (QED) is 0.347. The maximum absolute atomic E-state index is 13.6. The summed E-state index contributed by atoms with van der Waals surface area (Å²) in [7, 11) is -3.60. The number of anilines is 1. The number of carbonyl (C=O) groups excluding carboxylic acids is 2. The molecule has 1 saturated carbocycles. The Kier molecular flexibility index (Phi) is 10.9. The molecule has 0 heterocycles. The summed E-state index contributed by atoms with van der Waals surface area (Å²) in [4.78, 5) is 28.5. The Bertz CT molecular complexity index is 1220. The molecule has 0 aliphatic heterocycles. The summed E-state index contributed by atoms with van der Waals surface area (Å²) in [6, 6.07) is 11.9. The third-order valence-corrected chi connectivity index (χ3v) is 8.85. The van der Waals surface area contributed by atoms with Crippen LogP contribution >= 0.6 is 23.2 Å². The molecule has 1 unspecified atom stereocenters. The summed E-state index contributed by atoms with van der Waals surface area (Å²) in [6.45, 7) is 4.04. The summed E-state index contributed by atoms with van der Waals surface area (Å²) in [5.74, 6) is -0.348. The summed E-state index contributed by atoms with van der Waals surface area (Å²) >= 11 is 12.3. The predicted molar refractivity (Wildman–Crippen MR) is 154 cm³/mol. The Morgan fingerprint density at radius 1 is 1.08 bits per heavy atom. The molecule has 208 valence electrons. The van der Waals surface area contributed by atoms with Gasteiger partial charge in [-0.1, -0.05) is 61.2 Å². The Balaban J connectivity index is 1.77. The second kappa shape index (κ2) is 13.7. The molecule has 0 saturated heterocycles. The molecule has 2 aromatic carbocycles. The van der Waals surface area contributed by atoms with E-state index in [2.05, 4.69) is 5.32 Å². The van der Waals surface area contributed by atoms with Crippen LogP contribution in [0.2, 0.25) is 10.0 Å². The van der Waals surface area contributed by atoms with E-state index < -0.39 is 16.1 Å². The highest BCUT2D eigenvalue weighted by molar-refractivity contribution is 7.92. The minimum Gasteiger partial charge on any atom is -0.352 e. The lowest BCUT2D eigenvalue weighted by Crippen LogP contribution is -2.51. The van der Waals surface area contributed by atoms with E-state index in [1.54, 1.807) is 42.2 Å². The zero-order valence-corrected chi connectivity index (χ0v) is 24.6. The van der Waals surface area contributed by atoms with Gasteiger partial charge in [0.2, 0.25) is 21.8 Å². The van der Waals surface area contributed by atoms with E-state index in [9.17, 15) is 18.0 Å². The number of hydrogen-bond acceptors (Lipinski definition) is 4. The molecule has 1 fully saturated rings. The van der Waals surface area contributed by atoms with Crippen molar-refractivity contribution in [1.82, 2.24) is 10.2 Å². The Morgan fingerprint density at radius 2 is 1.74 bits per heavy atom. The first-order chi connectivity index (χ1) is 18.0. The molecule has 0 aromatic heterocycles. The molecule has 10 heteroatoms. The molecular weight excluding hydrogens is 545 g/mol. The van der Waals surface area contributed by atoms with Gasteiger partial charge >= 0.3 is 0 Å². The first-order valence-electron chi connectivity index (χ1n) is 13.1. The smallest absolute Gasteiger partial charge is 0.243 e. The molecule has 7 nitrogen and oxygen atoms in total. The number of benzene rings is 2. The van der Waals surface area contributed by atoms with Crippen molar-refractivity contribution < 1.29 is 18.0 Å². The zero-order valence-electron chi connectivity index (χ0n) is 22.3. The van der Waals surface area contributed by atoms with Crippen LogP contribution in [0.25, 0.3) is 0 Å². The van der Waals surface area contributed by atoms with Crippen molar-refractivity contribution >= 4 is 50.7 Å². The van der Waals surface area contributed by atoms with Gasteiger partial charge in [0.25, 0.3) is 0 Å². The lowest BCUT2D eigenvalue weighted by Gasteiger charge is -2.32. The van der Waals surface area contributed by atoms with Crippen LogP contribution in [0.3, 0.4) is 0 Å². The predicted octanol–water partition coefficient (Wildman–Crippen LogP) is 5.71. The Morgan fingerprint density at radius 3 is 2.34 bits per heavy atom. The second-order valence-corrected chi connectivity index (χ2v) is 12.6. The van der Waals surface area contributed by atoms with E-state index in [0.717, 1.165) is 37.5 Å². The van der Waals surface area contributed by atoms with Crippen molar-refractivity contribution in [3.05, 3.63) is 63.6 Å². The zero-order chi connectivity index (χ0) is 27.9. The molecule has 0 bridgehead atoms. The van der Waals surface area contributed by atoms with E-state index >= 15 is 0 Å². The number of rotatable bonds is 12. The number of sulfonamides is 1. The summed E-state index contributed by atoms with van der Waals surface area (Å²) < 4.78 is 26.5. The van der Waals surface area contributed by atoms with Gasteiger partial charge in [-0.2, -0.15) is 0 Å². The minimum absolute atomic E-state index is 0.0897. The molecule has 1 N–H and O–H groups in total. The van der Waals surface area contributed by atoms with Crippen molar-refractivity contribution in [2.75, 3.05) is 17.1 Å². The molecule has 2 amide bonds. The van der Waals surface area contributed by atoms with E-state index in [1.165, 1.54) is 4.31 Å². The van der Waals surface area contributed by atoms with Gasteiger partial charge in [-0.15, -0.1) is 0 Å². The molecule has 3 rings (SSSR count). The summed E-state index contributed by atoms with van der Waals surface area (Å²) in [5.41, 5.74) is 2.01. The topological polar surface area (TPSA) is 86.8 Å². The maximum Gasteiger partial charge on any atom is 0.243 e. The van der Waals surface area contributed by atoms with Crippen LogP contribution in [-0.2, 0) is 26.2 Å². The Labute approximate surface area is 236 Å². The van der Waals surface area contributed by atoms with Crippen LogP contribution < -0.4 is 9.62 Å². The molecule has 2 aromatic rings. The van der Waals surface area contributed by atoms with E-state index in [4.69, 9.17) is 23.2 Å². The highest BCUT2D eigenvalue weighted by atomic mass is 35.5. The number of halogens is 2. The largest absolute Gasteiger partial charge is 0.352 e. The maximum atomic E-state index is 13.6. The van der Waals surface area contributed by atoms with Crippen molar-refractivity contribution in [3.8, 4) is 0 Å². The van der Waals surface area contributed by atoms with Crippen molar-refractivity contribution in [2.24, 2.45) is 0 Å². The second-order valence-electron chi connectivity index (χ2n) is 9.88. The molecule has 38 heavy (non-hydrogen) atoms. The molecule has 1 aliphatic rings. The standard InChI is InChI=1S/C28H37Cl2N3O4S/c1-4-25(28(35)31-23-9-5-6-10-23)32(19-21-14-16-22(29)17-15-21)27(34)13-8-18-33(38(3,36)37)26-12-7-11-24(30)20(26)2/h7,11-12,14-17,23,25H,4-6,8-10,13,18-19H2,1-3H3,(H,31,35). The van der Waals surface area contributed by atoms with Crippen LogP contribution in [0.1, 0.15) is 63.0 Å². The number of carbonyl (C=O) groups is 2. The summed E-state index contributed by atoms with van der Waals surface area (Å²) in [6.07, 6.45) is 6.09. The Hall–Kier alpha value is -2.29. The van der Waals surface area contributed by atoms with Crippen LogP contribution in [0.15, 0.2) is 42.5 Å². The fourth-order valence-corrected chi connectivity index (χ4v) is 6.23. The fraction of sp³-hybridized carbons (Fsp3) is 0.500. The fourth-order valence-electron chi connectivity index (χ4n) is 4.92. The highest BCUT2D eigenvalue weighted by Crippen LogP contribution is 2.29. The van der Waals surface area contributed by atoms with Gasteiger partial charge in [-0.3, -0.25) is 13.9 Å². The highest BCUT2D eigenvalue weighted by Gasteiger charge is 2.31. The molecule has 1 aliphatic carbocycles. The van der Waals surface area contributed by atoms with Gasteiger partial charge in [0.1, 0.15) is 6.04 Å². The van der Waals surface area contributed by atoms with Crippen LogP contribution in [0.5, 0.6) is 0 Å². The third kappa shape index (κ3) is 8.10. The van der Waals surface area contributed by atoms with Gasteiger partial charge in [0.05, 0.1) is 11.9 Å². The number of hydrogen-bond donors (Lipinski definition) is 1. The van der Waals surface area contributed by atoms with Crippen molar-refractivity contribution in [3.63, 3.8) is 0 Å². The van der Waals surface area contributed by atoms with Gasteiger partial charge in [-0.25, -0.2) is 8.42 Å². The first-order valence-corrected chi connectivity index (χ1v) is 15.7. The normalized spacial score (nSPS) is 14.8. The van der Waals surface area contributed by atoms with Crippen LogP contribution in [-0.4, -0.2) is 50.0 Å². The first kappa shape index (κ1) is 30.3. The lowest BCUT2D eigenvalue weighted by molar-refractivity contribution is -0.141. The van der Waals surface area contributed by atoms with Crippen LogP contribution in [0.4, 0.5) is 5.69 Å². The SMILES string of the molecule is CCC(C(=O)NC1CCCC1)N(Cc1ccc(Cl)cc1)C(=O)CCCN(c1cccc(Cl)c1C)S(C)(=O)=O. The van der Waals surface area contributed by atoms with Crippen molar-refractivity contribution in [1.29, 1.82) is 0 Å². The van der Waals surface area contributed by atoms with Gasteiger partial charge in [0.15, 0.2) is 0 Å². The lowest BCUT2D eigenvalue weighted by atomic mass is 10.1. The number of amides is 2. The molecule has 1 atom stereocenters. The number of nitrogens with zero attached hydrogens (tertiary/aromatic N) is 2. The molecular formula is C28H37Cl2N3O4S. The van der Waals surface area contributed by atoms with Gasteiger partial charge in [0, 0.05) is 35.6 Å². The molecule has 0 radical (unpaired) electrons. The van der Waals surface area contributed by atoms with E-state index in [-0.39, 0.29) is 43.8 Å². The summed E-state index contributed by atoms with van der Waals surface area (Å²) in [5, 5.41) is 4.20. The van der Waals surface area contributed by atoms with Gasteiger partial charge < -0.3 is 10.2 Å².